The zero-order chi connectivity index (χ0) is 13.1. The smallest absolute Gasteiger partial charge is 0.374 e. The van der Waals surface area contributed by atoms with E-state index in [0.29, 0.717) is 19.8 Å². The molecule has 0 aliphatic heterocycles. The third kappa shape index (κ3) is 6.93. The molecule has 4 nitrogen and oxygen atoms in total. The maximum atomic E-state index is 5.75. The molecule has 0 N–H and O–H groups in total. The lowest BCUT2D eigenvalue weighted by atomic mass is 10.3. The van der Waals surface area contributed by atoms with Gasteiger partial charge in [-0.1, -0.05) is 6.92 Å². The fourth-order valence-electron chi connectivity index (χ4n) is 1.50. The molecule has 0 saturated carbocycles. The summed E-state index contributed by atoms with van der Waals surface area (Å²) in [7, 11) is -2.48. The fraction of sp³-hybridized carbons (Fsp3) is 0.917. The van der Waals surface area contributed by atoms with Crippen LogP contribution in [0.25, 0.3) is 0 Å². The molecular formula is C12H27NO3Si. The van der Waals surface area contributed by atoms with Crippen molar-refractivity contribution in [2.45, 2.75) is 47.1 Å². The highest BCUT2D eigenvalue weighted by Crippen LogP contribution is 2.16. The van der Waals surface area contributed by atoms with E-state index in [0.717, 1.165) is 24.7 Å². The van der Waals surface area contributed by atoms with Crippen LogP contribution in [0.15, 0.2) is 4.99 Å². The molecule has 0 amide bonds. The molecule has 0 aliphatic carbocycles. The molecule has 0 heterocycles. The van der Waals surface area contributed by atoms with Crippen molar-refractivity contribution in [1.82, 2.24) is 0 Å². The summed E-state index contributed by atoms with van der Waals surface area (Å²) in [6.45, 7) is 12.7. The summed E-state index contributed by atoms with van der Waals surface area (Å²) >= 11 is 0. The van der Waals surface area contributed by atoms with Crippen molar-refractivity contribution in [3.8, 4) is 0 Å². The van der Waals surface area contributed by atoms with Crippen LogP contribution in [-0.4, -0.2) is 40.9 Å². The molecule has 17 heavy (non-hydrogen) atoms. The van der Waals surface area contributed by atoms with Crippen LogP contribution in [0.2, 0.25) is 6.04 Å². The molecule has 0 rings (SSSR count). The molecule has 0 spiro atoms. The molecular weight excluding hydrogens is 234 g/mol. The van der Waals surface area contributed by atoms with Gasteiger partial charge in [0.1, 0.15) is 0 Å². The maximum Gasteiger partial charge on any atom is 0.502 e. The van der Waals surface area contributed by atoms with Gasteiger partial charge in [0.15, 0.2) is 0 Å². The molecule has 0 aliphatic rings. The first kappa shape index (κ1) is 16.8. The zero-order valence-electron chi connectivity index (χ0n) is 11.9. The fourth-order valence-corrected chi connectivity index (χ4v) is 3.88. The van der Waals surface area contributed by atoms with E-state index >= 15 is 0 Å². The Balaban J connectivity index is 4.43. The monoisotopic (exact) mass is 261 g/mol. The van der Waals surface area contributed by atoms with Gasteiger partial charge in [0.2, 0.25) is 0 Å². The highest BCUT2D eigenvalue weighted by molar-refractivity contribution is 6.60. The minimum atomic E-state index is -2.48. The first-order valence-electron chi connectivity index (χ1n) is 6.55. The van der Waals surface area contributed by atoms with Crippen LogP contribution >= 0.6 is 0 Å². The molecule has 0 fully saturated rings. The molecule has 0 unspecified atom stereocenters. The van der Waals surface area contributed by atoms with Gasteiger partial charge in [-0.15, -0.1) is 0 Å². The number of hydrogen-bond acceptors (Lipinski definition) is 4. The van der Waals surface area contributed by atoms with Crippen LogP contribution in [0.3, 0.4) is 0 Å². The quantitative estimate of drug-likeness (QED) is 0.448. The van der Waals surface area contributed by atoms with Crippen LogP contribution in [0.5, 0.6) is 0 Å². The van der Waals surface area contributed by atoms with Gasteiger partial charge >= 0.3 is 8.80 Å². The Morgan fingerprint density at radius 3 is 1.76 bits per heavy atom. The van der Waals surface area contributed by atoms with E-state index in [1.54, 1.807) is 0 Å². The molecule has 5 heteroatoms. The van der Waals surface area contributed by atoms with Gasteiger partial charge in [0.25, 0.3) is 0 Å². The van der Waals surface area contributed by atoms with Crippen LogP contribution in [0, 0.1) is 0 Å². The van der Waals surface area contributed by atoms with E-state index in [1.807, 2.05) is 27.7 Å². The summed E-state index contributed by atoms with van der Waals surface area (Å²) in [5.41, 5.74) is 1.16. The van der Waals surface area contributed by atoms with Gasteiger partial charge in [-0.25, -0.2) is 0 Å². The van der Waals surface area contributed by atoms with Gasteiger partial charge < -0.3 is 13.3 Å². The minimum Gasteiger partial charge on any atom is -0.374 e. The standard InChI is InChI=1S/C12H27NO3Si/c1-6-12(5)13-10-11-17(14-7-2,15-8-3)16-9-4/h6-11H2,1-5H3. The summed E-state index contributed by atoms with van der Waals surface area (Å²) in [5, 5.41) is 0. The zero-order valence-corrected chi connectivity index (χ0v) is 12.9. The average molecular weight is 261 g/mol. The number of aliphatic imine (C=N–C) groups is 1. The summed E-state index contributed by atoms with van der Waals surface area (Å²) in [5.74, 6) is 0. The molecule has 0 aromatic rings. The third-order valence-electron chi connectivity index (χ3n) is 2.40. The van der Waals surface area contributed by atoms with Gasteiger partial charge in [-0.05, 0) is 34.1 Å². The first-order chi connectivity index (χ1) is 8.14. The Hall–Kier alpha value is -0.233. The van der Waals surface area contributed by atoms with Crippen molar-refractivity contribution in [2.24, 2.45) is 4.99 Å². The SMILES string of the molecule is CCO[Si](CCN=C(C)CC)(OCC)OCC. The van der Waals surface area contributed by atoms with Crippen molar-refractivity contribution in [1.29, 1.82) is 0 Å². The van der Waals surface area contributed by atoms with E-state index in [2.05, 4.69) is 11.9 Å². The molecule has 102 valence electrons. The third-order valence-corrected chi connectivity index (χ3v) is 5.43. The van der Waals surface area contributed by atoms with E-state index in [-0.39, 0.29) is 0 Å². The van der Waals surface area contributed by atoms with E-state index in [1.165, 1.54) is 0 Å². The lowest BCUT2D eigenvalue weighted by molar-refractivity contribution is 0.0720. The second-order valence-corrected chi connectivity index (χ2v) is 6.43. The Kier molecular flexibility index (Phi) is 9.63. The Labute approximate surface area is 107 Å². The molecule has 0 atom stereocenters. The van der Waals surface area contributed by atoms with Crippen LogP contribution in [0.1, 0.15) is 41.0 Å². The predicted octanol–water partition coefficient (Wildman–Crippen LogP) is 2.91. The highest BCUT2D eigenvalue weighted by Gasteiger charge is 2.39. The number of nitrogens with zero attached hydrogens (tertiary/aromatic N) is 1. The lowest BCUT2D eigenvalue weighted by Gasteiger charge is -2.27. The van der Waals surface area contributed by atoms with Crippen molar-refractivity contribution in [3.05, 3.63) is 0 Å². The van der Waals surface area contributed by atoms with Crippen LogP contribution in [0.4, 0.5) is 0 Å². The van der Waals surface area contributed by atoms with E-state index in [9.17, 15) is 0 Å². The Bertz CT molecular complexity index is 205. The average Bonchev–Trinajstić information content (AvgIpc) is 2.30. The number of hydrogen-bond donors (Lipinski definition) is 0. The molecule has 0 saturated heterocycles. The van der Waals surface area contributed by atoms with Crippen molar-refractivity contribution in [3.63, 3.8) is 0 Å². The molecule has 0 bridgehead atoms. The van der Waals surface area contributed by atoms with E-state index < -0.39 is 8.80 Å². The Morgan fingerprint density at radius 2 is 1.41 bits per heavy atom. The molecule has 0 aromatic carbocycles. The van der Waals surface area contributed by atoms with Gasteiger partial charge in [-0.2, -0.15) is 0 Å². The van der Waals surface area contributed by atoms with Crippen LogP contribution in [-0.2, 0) is 13.3 Å². The summed E-state index contributed by atoms with van der Waals surface area (Å²) in [4.78, 5) is 4.49. The highest BCUT2D eigenvalue weighted by atomic mass is 28.4. The summed E-state index contributed by atoms with van der Waals surface area (Å²) in [6.07, 6.45) is 0.993. The van der Waals surface area contributed by atoms with Gasteiger partial charge in [0.05, 0.1) is 0 Å². The Morgan fingerprint density at radius 1 is 0.941 bits per heavy atom. The van der Waals surface area contributed by atoms with Gasteiger partial charge in [-0.3, -0.25) is 4.99 Å². The molecule has 0 aromatic heterocycles. The topological polar surface area (TPSA) is 40.0 Å². The summed E-state index contributed by atoms with van der Waals surface area (Å²) in [6, 6.07) is 0.764. The largest absolute Gasteiger partial charge is 0.502 e. The van der Waals surface area contributed by atoms with E-state index in [4.69, 9.17) is 13.3 Å². The normalized spacial score (nSPS) is 13.1. The first-order valence-corrected chi connectivity index (χ1v) is 8.49. The maximum absolute atomic E-state index is 5.75. The van der Waals surface area contributed by atoms with Crippen molar-refractivity contribution in [2.75, 3.05) is 26.4 Å². The summed E-state index contributed by atoms with van der Waals surface area (Å²) < 4.78 is 17.3. The minimum absolute atomic E-state index is 0.628. The van der Waals surface area contributed by atoms with Crippen molar-refractivity contribution >= 4 is 14.5 Å². The second kappa shape index (κ2) is 9.76. The lowest BCUT2D eigenvalue weighted by Crippen LogP contribution is -2.46. The second-order valence-electron chi connectivity index (χ2n) is 3.70. The van der Waals surface area contributed by atoms with Gasteiger partial charge in [0, 0.05) is 38.1 Å². The molecule has 0 radical (unpaired) electrons. The van der Waals surface area contributed by atoms with Crippen LogP contribution < -0.4 is 0 Å². The predicted molar refractivity (Wildman–Crippen MR) is 73.7 cm³/mol. The van der Waals surface area contributed by atoms with Crippen molar-refractivity contribution < 1.29 is 13.3 Å². The number of rotatable bonds is 10.